The van der Waals surface area contributed by atoms with Crippen molar-refractivity contribution in [2.24, 2.45) is 0 Å². The molecule has 0 spiro atoms. The van der Waals surface area contributed by atoms with Gasteiger partial charge >= 0.3 is 0 Å². The molecule has 0 aromatic rings. The predicted octanol–water partition coefficient (Wildman–Crippen LogP) is 3.97. The zero-order valence-corrected chi connectivity index (χ0v) is 7.91. The van der Waals surface area contributed by atoms with Crippen molar-refractivity contribution < 1.29 is 0 Å². The average molecular weight is 189 g/mol. The highest BCUT2D eigenvalue weighted by Gasteiger charge is 2.06. The summed E-state index contributed by atoms with van der Waals surface area (Å²) in [7, 11) is 0. The minimum Gasteiger partial charge on any atom is -0.0828 e. The number of hydrogen-bond donors (Lipinski definition) is 0. The summed E-state index contributed by atoms with van der Waals surface area (Å²) in [4.78, 5) is 0. The van der Waals surface area contributed by atoms with Gasteiger partial charge in [-0.2, -0.15) is 0 Å². The number of rotatable bonds is 1. The van der Waals surface area contributed by atoms with Crippen LogP contribution >= 0.6 is 23.2 Å². The van der Waals surface area contributed by atoms with E-state index in [0.717, 1.165) is 17.9 Å². The zero-order valence-electron chi connectivity index (χ0n) is 6.40. The largest absolute Gasteiger partial charge is 0.0828 e. The van der Waals surface area contributed by atoms with Crippen LogP contribution in [0.25, 0.3) is 0 Å². The Morgan fingerprint density at radius 2 is 2.18 bits per heavy atom. The van der Waals surface area contributed by atoms with Gasteiger partial charge in [-0.1, -0.05) is 42.3 Å². The topological polar surface area (TPSA) is 0 Å². The molecule has 0 bridgehead atoms. The van der Waals surface area contributed by atoms with Crippen LogP contribution < -0.4 is 0 Å². The van der Waals surface area contributed by atoms with Crippen LogP contribution in [0.2, 0.25) is 0 Å². The van der Waals surface area contributed by atoms with Gasteiger partial charge in [-0.15, -0.1) is 0 Å². The quantitative estimate of drug-likeness (QED) is 0.585. The molecule has 0 aromatic carbocycles. The van der Waals surface area contributed by atoms with Crippen molar-refractivity contribution >= 4 is 23.2 Å². The van der Waals surface area contributed by atoms with E-state index in [0.29, 0.717) is 5.03 Å². The zero-order chi connectivity index (χ0) is 8.27. The van der Waals surface area contributed by atoms with Gasteiger partial charge in [-0.05, 0) is 24.5 Å². The Balaban J connectivity index is 2.97. The fourth-order valence-corrected chi connectivity index (χ4v) is 1.47. The van der Waals surface area contributed by atoms with E-state index < -0.39 is 0 Å². The summed E-state index contributed by atoms with van der Waals surface area (Å²) in [5, 5.41) is 1.37. The minimum absolute atomic E-state index is 0.650. The van der Waals surface area contributed by atoms with Gasteiger partial charge in [-0.3, -0.25) is 0 Å². The molecule has 0 aromatic heterocycles. The van der Waals surface area contributed by atoms with Gasteiger partial charge in [0.2, 0.25) is 0 Å². The summed E-state index contributed by atoms with van der Waals surface area (Å²) in [6, 6.07) is 0. The Morgan fingerprint density at radius 3 is 2.82 bits per heavy atom. The van der Waals surface area contributed by atoms with Crippen LogP contribution in [0.4, 0.5) is 0 Å². The van der Waals surface area contributed by atoms with Gasteiger partial charge in [0.25, 0.3) is 0 Å². The molecule has 0 amide bonds. The monoisotopic (exact) mass is 188 g/mol. The Kier molecular flexibility index (Phi) is 3.22. The van der Waals surface area contributed by atoms with Crippen molar-refractivity contribution in [1.82, 2.24) is 0 Å². The first-order chi connectivity index (χ1) is 5.25. The van der Waals surface area contributed by atoms with Crippen LogP contribution in [0, 0.1) is 0 Å². The maximum atomic E-state index is 5.98. The van der Waals surface area contributed by atoms with Gasteiger partial charge < -0.3 is 0 Å². The highest BCUT2D eigenvalue weighted by molar-refractivity contribution is 6.44. The third kappa shape index (κ3) is 2.11. The van der Waals surface area contributed by atoms with E-state index in [2.05, 4.69) is 13.0 Å². The van der Waals surface area contributed by atoms with Gasteiger partial charge in [0.15, 0.2) is 0 Å². The minimum atomic E-state index is 0.650. The standard InChI is InChI=1S/C9H10Cl2/c1-2-7-5-3-4-6-8(10)9(7)11/h3-4,6H,2,5H2,1H3. The summed E-state index contributed by atoms with van der Waals surface area (Å²) in [6.45, 7) is 2.08. The van der Waals surface area contributed by atoms with Gasteiger partial charge in [-0.25, -0.2) is 0 Å². The molecule has 1 aliphatic carbocycles. The highest BCUT2D eigenvalue weighted by atomic mass is 35.5. The first kappa shape index (κ1) is 8.89. The number of hydrogen-bond acceptors (Lipinski definition) is 0. The molecular weight excluding hydrogens is 179 g/mol. The molecule has 60 valence electrons. The van der Waals surface area contributed by atoms with Crippen molar-refractivity contribution in [3.05, 3.63) is 33.9 Å². The first-order valence-electron chi connectivity index (χ1n) is 3.66. The van der Waals surface area contributed by atoms with Gasteiger partial charge in [0.1, 0.15) is 0 Å². The third-order valence-electron chi connectivity index (χ3n) is 1.69. The van der Waals surface area contributed by atoms with Crippen LogP contribution in [-0.2, 0) is 0 Å². The third-order valence-corrected chi connectivity index (χ3v) is 2.57. The molecule has 0 aliphatic heterocycles. The van der Waals surface area contributed by atoms with E-state index in [1.54, 1.807) is 0 Å². The van der Waals surface area contributed by atoms with E-state index in [4.69, 9.17) is 23.2 Å². The molecule has 0 nitrogen and oxygen atoms in total. The lowest BCUT2D eigenvalue weighted by atomic mass is 10.1. The Bertz CT molecular complexity index is 234. The Labute approximate surface area is 77.2 Å². The van der Waals surface area contributed by atoms with Crippen molar-refractivity contribution in [2.75, 3.05) is 0 Å². The van der Waals surface area contributed by atoms with Gasteiger partial charge in [0.05, 0.1) is 10.1 Å². The molecule has 0 heterocycles. The Hall–Kier alpha value is -0.200. The molecular formula is C9H10Cl2. The second-order valence-corrected chi connectivity index (χ2v) is 3.20. The lowest BCUT2D eigenvalue weighted by Gasteiger charge is -2.02. The molecule has 0 fully saturated rings. The van der Waals surface area contributed by atoms with Crippen molar-refractivity contribution in [1.29, 1.82) is 0 Å². The maximum absolute atomic E-state index is 5.98. The second-order valence-electron chi connectivity index (χ2n) is 2.42. The molecule has 1 rings (SSSR count). The summed E-state index contributed by atoms with van der Waals surface area (Å²) in [5.41, 5.74) is 1.21. The van der Waals surface area contributed by atoms with E-state index in [-0.39, 0.29) is 0 Å². The first-order valence-corrected chi connectivity index (χ1v) is 4.41. The summed E-state index contributed by atoms with van der Waals surface area (Å²) < 4.78 is 0. The smallest absolute Gasteiger partial charge is 0.0591 e. The normalized spacial score (nSPS) is 18.3. The molecule has 11 heavy (non-hydrogen) atoms. The van der Waals surface area contributed by atoms with Crippen LogP contribution in [0.5, 0.6) is 0 Å². The SMILES string of the molecule is CCC1=C(Cl)C(Cl)=CC=CC1. The second kappa shape index (κ2) is 3.99. The van der Waals surface area contributed by atoms with Crippen LogP contribution in [0.3, 0.4) is 0 Å². The molecule has 2 heteroatoms. The fourth-order valence-electron chi connectivity index (χ4n) is 0.994. The fraction of sp³-hybridized carbons (Fsp3) is 0.333. The highest BCUT2D eigenvalue weighted by Crippen LogP contribution is 2.28. The lowest BCUT2D eigenvalue weighted by molar-refractivity contribution is 1.03. The van der Waals surface area contributed by atoms with E-state index >= 15 is 0 Å². The molecule has 0 atom stereocenters. The molecule has 0 saturated heterocycles. The number of halogens is 2. The summed E-state index contributed by atoms with van der Waals surface area (Å²) >= 11 is 11.8. The molecule has 1 aliphatic rings. The summed E-state index contributed by atoms with van der Waals surface area (Å²) in [5.74, 6) is 0. The molecule has 0 N–H and O–H groups in total. The van der Waals surface area contributed by atoms with E-state index in [9.17, 15) is 0 Å². The van der Waals surface area contributed by atoms with Gasteiger partial charge in [0, 0.05) is 0 Å². The van der Waals surface area contributed by atoms with Crippen molar-refractivity contribution in [3.8, 4) is 0 Å². The number of allylic oxidation sites excluding steroid dienone is 6. The van der Waals surface area contributed by atoms with Crippen LogP contribution in [0.1, 0.15) is 19.8 Å². The molecule has 0 radical (unpaired) electrons. The van der Waals surface area contributed by atoms with Crippen molar-refractivity contribution in [2.45, 2.75) is 19.8 Å². The Morgan fingerprint density at radius 1 is 1.45 bits per heavy atom. The molecule has 0 unspecified atom stereocenters. The molecule has 0 saturated carbocycles. The van der Waals surface area contributed by atoms with Crippen LogP contribution in [0.15, 0.2) is 33.9 Å². The van der Waals surface area contributed by atoms with Crippen molar-refractivity contribution in [3.63, 3.8) is 0 Å². The van der Waals surface area contributed by atoms with Crippen LogP contribution in [-0.4, -0.2) is 0 Å². The predicted molar refractivity (Wildman–Crippen MR) is 50.9 cm³/mol. The lowest BCUT2D eigenvalue weighted by Crippen LogP contribution is -1.82. The van der Waals surface area contributed by atoms with E-state index in [1.807, 2.05) is 12.2 Å². The summed E-state index contributed by atoms with van der Waals surface area (Å²) in [6.07, 6.45) is 7.71. The maximum Gasteiger partial charge on any atom is 0.0591 e. The average Bonchev–Trinajstić information content (AvgIpc) is 2.16. The van der Waals surface area contributed by atoms with E-state index in [1.165, 1.54) is 5.57 Å².